The molecule has 23 heavy (non-hydrogen) atoms. The summed E-state index contributed by atoms with van der Waals surface area (Å²) in [7, 11) is 0. The largest absolute Gasteiger partial charge is 0.313 e. The van der Waals surface area contributed by atoms with Crippen molar-refractivity contribution in [1.29, 1.82) is 0 Å². The molecule has 0 spiro atoms. The molecule has 0 amide bonds. The van der Waals surface area contributed by atoms with Crippen molar-refractivity contribution >= 4 is 28.4 Å². The van der Waals surface area contributed by atoms with Crippen LogP contribution in [0.1, 0.15) is 70.6 Å². The van der Waals surface area contributed by atoms with E-state index in [1.165, 1.54) is 56.3 Å². The van der Waals surface area contributed by atoms with Crippen molar-refractivity contribution < 1.29 is 9.69 Å². The molecule has 0 aromatic heterocycles. The summed E-state index contributed by atoms with van der Waals surface area (Å²) < 4.78 is 0.692. The van der Waals surface area contributed by atoms with E-state index in [2.05, 4.69) is 22.6 Å². The fraction of sp³-hybridized carbons (Fsp3) is 0.947. The SMILES string of the molecule is NC1CCC(I)C[NH+]1CC(=O)C1CCC(C2CCCCC2)CC1. The molecule has 4 heteroatoms. The van der Waals surface area contributed by atoms with E-state index >= 15 is 0 Å². The predicted octanol–water partition coefficient (Wildman–Crippen LogP) is 2.71. The maximum Gasteiger partial charge on any atom is 0.189 e. The first-order chi connectivity index (χ1) is 11.1. The third-order valence-electron chi connectivity index (χ3n) is 6.74. The first kappa shape index (κ1) is 18.1. The molecular weight excluding hydrogens is 399 g/mol. The van der Waals surface area contributed by atoms with E-state index in [1.807, 2.05) is 0 Å². The lowest BCUT2D eigenvalue weighted by atomic mass is 9.70. The number of ketones is 1. The second-order valence-corrected chi connectivity index (χ2v) is 10.1. The Morgan fingerprint density at radius 2 is 1.57 bits per heavy atom. The molecule has 3 N–H and O–H groups in total. The van der Waals surface area contributed by atoms with Gasteiger partial charge in [-0.15, -0.1) is 0 Å². The molecule has 3 rings (SSSR count). The van der Waals surface area contributed by atoms with Crippen LogP contribution in [0.5, 0.6) is 0 Å². The summed E-state index contributed by atoms with van der Waals surface area (Å²) in [5.74, 6) is 2.73. The first-order valence-corrected chi connectivity index (χ1v) is 11.1. The maximum atomic E-state index is 12.7. The van der Waals surface area contributed by atoms with Gasteiger partial charge in [-0.05, 0) is 43.9 Å². The Morgan fingerprint density at radius 1 is 0.913 bits per heavy atom. The number of hydrogen-bond acceptors (Lipinski definition) is 2. The molecule has 0 aromatic rings. The van der Waals surface area contributed by atoms with Crippen LogP contribution in [-0.4, -0.2) is 29.0 Å². The normalized spacial score (nSPS) is 40.0. The van der Waals surface area contributed by atoms with Gasteiger partial charge in [0.05, 0.1) is 10.5 Å². The van der Waals surface area contributed by atoms with Gasteiger partial charge in [0, 0.05) is 12.3 Å². The summed E-state index contributed by atoms with van der Waals surface area (Å²) in [4.78, 5) is 14.1. The highest BCUT2D eigenvalue weighted by Crippen LogP contribution is 2.40. The van der Waals surface area contributed by atoms with Crippen LogP contribution in [0.4, 0.5) is 0 Å². The van der Waals surface area contributed by atoms with E-state index in [0.29, 0.717) is 22.2 Å². The molecule has 0 aromatic carbocycles. The smallest absolute Gasteiger partial charge is 0.189 e. The molecule has 2 saturated carbocycles. The summed E-state index contributed by atoms with van der Waals surface area (Å²) in [6.07, 6.45) is 14.6. The van der Waals surface area contributed by atoms with Crippen molar-refractivity contribution in [2.75, 3.05) is 13.1 Å². The molecule has 3 nitrogen and oxygen atoms in total. The van der Waals surface area contributed by atoms with Gasteiger partial charge in [-0.25, -0.2) is 0 Å². The molecule has 132 valence electrons. The number of hydrogen-bond donors (Lipinski definition) is 2. The summed E-state index contributed by atoms with van der Waals surface area (Å²) in [5, 5.41) is 0. The zero-order valence-corrected chi connectivity index (χ0v) is 16.6. The number of carbonyl (C=O) groups is 1. The average Bonchev–Trinajstić information content (AvgIpc) is 2.59. The molecular formula is C19H34IN2O+. The minimum absolute atomic E-state index is 0.184. The van der Waals surface area contributed by atoms with Crippen molar-refractivity contribution in [2.45, 2.75) is 80.7 Å². The van der Waals surface area contributed by atoms with Gasteiger partial charge < -0.3 is 4.90 Å². The zero-order valence-electron chi connectivity index (χ0n) is 14.4. The fourth-order valence-corrected chi connectivity index (χ4v) is 6.12. The van der Waals surface area contributed by atoms with Gasteiger partial charge in [0.15, 0.2) is 5.78 Å². The number of halogens is 1. The lowest BCUT2D eigenvalue weighted by Gasteiger charge is -2.36. The number of nitrogens with one attached hydrogen (secondary N) is 1. The van der Waals surface area contributed by atoms with Gasteiger partial charge in [0.1, 0.15) is 12.7 Å². The number of rotatable bonds is 4. The number of alkyl halides is 1. The number of carbonyl (C=O) groups excluding carboxylic acids is 1. The van der Waals surface area contributed by atoms with E-state index in [4.69, 9.17) is 5.73 Å². The number of piperidine rings is 1. The summed E-state index contributed by atoms with van der Waals surface area (Å²) in [5.41, 5.74) is 6.25. The molecule has 0 radical (unpaired) electrons. The summed E-state index contributed by atoms with van der Waals surface area (Å²) in [6, 6.07) is 0. The van der Waals surface area contributed by atoms with Crippen LogP contribution < -0.4 is 10.6 Å². The topological polar surface area (TPSA) is 47.5 Å². The third-order valence-corrected chi connectivity index (χ3v) is 7.81. The van der Waals surface area contributed by atoms with Crippen molar-refractivity contribution in [3.63, 3.8) is 0 Å². The summed E-state index contributed by atoms with van der Waals surface area (Å²) in [6.45, 7) is 1.75. The van der Waals surface area contributed by atoms with Gasteiger partial charge >= 0.3 is 0 Å². The number of Topliss-reactive ketones (excluding diaryl/α,β-unsaturated/α-hetero) is 1. The minimum Gasteiger partial charge on any atom is -0.313 e. The second kappa shape index (κ2) is 8.61. The molecule has 3 unspecified atom stereocenters. The van der Waals surface area contributed by atoms with Crippen LogP contribution in [0.2, 0.25) is 0 Å². The Labute approximate surface area is 155 Å². The molecule has 1 heterocycles. The molecule has 1 saturated heterocycles. The van der Waals surface area contributed by atoms with Crippen LogP contribution in [0.25, 0.3) is 0 Å². The van der Waals surface area contributed by atoms with Crippen LogP contribution in [-0.2, 0) is 4.79 Å². The van der Waals surface area contributed by atoms with Gasteiger partial charge in [0.2, 0.25) is 0 Å². The van der Waals surface area contributed by atoms with Gasteiger partial charge in [0.25, 0.3) is 0 Å². The van der Waals surface area contributed by atoms with Crippen molar-refractivity contribution in [2.24, 2.45) is 23.5 Å². The summed E-state index contributed by atoms with van der Waals surface area (Å²) >= 11 is 2.52. The second-order valence-electron chi connectivity index (χ2n) is 8.30. The number of nitrogens with two attached hydrogens (primary N) is 1. The van der Waals surface area contributed by atoms with E-state index in [1.54, 1.807) is 0 Å². The van der Waals surface area contributed by atoms with Crippen molar-refractivity contribution in [1.82, 2.24) is 0 Å². The Hall–Kier alpha value is 0.320. The zero-order chi connectivity index (χ0) is 16.2. The quantitative estimate of drug-likeness (QED) is 0.529. The first-order valence-electron chi connectivity index (χ1n) is 9.90. The molecule has 1 aliphatic heterocycles. The lowest BCUT2D eigenvalue weighted by molar-refractivity contribution is -0.921. The number of likely N-dealkylation sites (tertiary alicyclic amines) is 1. The van der Waals surface area contributed by atoms with Crippen LogP contribution in [0.3, 0.4) is 0 Å². The van der Waals surface area contributed by atoms with E-state index in [-0.39, 0.29) is 6.17 Å². The number of quaternary nitrogens is 1. The predicted molar refractivity (Wildman–Crippen MR) is 103 cm³/mol. The van der Waals surface area contributed by atoms with Crippen molar-refractivity contribution in [3.05, 3.63) is 0 Å². The van der Waals surface area contributed by atoms with Gasteiger partial charge in [-0.3, -0.25) is 10.5 Å². The van der Waals surface area contributed by atoms with Gasteiger partial charge in [-0.1, -0.05) is 54.7 Å². The van der Waals surface area contributed by atoms with E-state index < -0.39 is 0 Å². The van der Waals surface area contributed by atoms with Crippen LogP contribution in [0.15, 0.2) is 0 Å². The monoisotopic (exact) mass is 433 g/mol. The molecule has 3 aliphatic rings. The van der Waals surface area contributed by atoms with Crippen molar-refractivity contribution in [3.8, 4) is 0 Å². The van der Waals surface area contributed by atoms with Crippen LogP contribution in [0, 0.1) is 17.8 Å². The highest BCUT2D eigenvalue weighted by atomic mass is 127. The lowest BCUT2D eigenvalue weighted by Crippen LogP contribution is -3.20. The highest BCUT2D eigenvalue weighted by molar-refractivity contribution is 14.1. The van der Waals surface area contributed by atoms with Crippen LogP contribution >= 0.6 is 22.6 Å². The molecule has 0 bridgehead atoms. The molecule has 3 atom stereocenters. The molecule has 2 aliphatic carbocycles. The fourth-order valence-electron chi connectivity index (χ4n) is 5.19. The standard InChI is InChI=1S/C19H33IN2O/c20-17-10-11-19(21)22(12-17)13-18(23)16-8-6-15(7-9-16)14-4-2-1-3-5-14/h14-17,19H,1-13,21H2/p+1. The third kappa shape index (κ3) is 4.91. The van der Waals surface area contributed by atoms with Gasteiger partial charge in [-0.2, -0.15) is 0 Å². The Bertz CT molecular complexity index is 389. The Morgan fingerprint density at radius 3 is 2.26 bits per heavy atom. The minimum atomic E-state index is 0.184. The maximum absolute atomic E-state index is 12.7. The van der Waals surface area contributed by atoms with E-state index in [0.717, 1.165) is 37.6 Å². The Kier molecular flexibility index (Phi) is 6.79. The highest BCUT2D eigenvalue weighted by Gasteiger charge is 2.35. The van der Waals surface area contributed by atoms with E-state index in [9.17, 15) is 4.79 Å². The Balaban J connectivity index is 1.44. The average molecular weight is 433 g/mol. The molecule has 3 fully saturated rings.